The van der Waals surface area contributed by atoms with Gasteiger partial charge in [0.2, 0.25) is 0 Å². The lowest BCUT2D eigenvalue weighted by Gasteiger charge is -2.20. The predicted molar refractivity (Wildman–Crippen MR) is 235 cm³/mol. The lowest BCUT2D eigenvalue weighted by Crippen LogP contribution is -2.11. The summed E-state index contributed by atoms with van der Waals surface area (Å²) >= 11 is 0. The molecule has 8 aromatic rings. The normalized spacial score (nSPS) is 13.7. The van der Waals surface area contributed by atoms with E-state index in [9.17, 15) is 0 Å². The molecule has 64 heavy (non-hydrogen) atoms. The third kappa shape index (κ3) is 6.29. The Morgan fingerprint density at radius 3 is 0.875 bits per heavy atom. The zero-order chi connectivity index (χ0) is 44.3. The standard InChI is InChI=1S/C54H32F8N2/c1-25-13-34-47-38(55)17-27(18-39(47)56)9-11-29-21-42(59)49(43(60)22-29)36-15-26(2)16-37-50-44(61)23-30(24-45(50)62)12-10-28-19-40(57)48(41(58)20-28)35(14-25)51(34)63-53-32-7-3-5-31-6-4-8-33(46(31)32)54(53)64-52(36)37/h3-8,13-24H,9-12H2,1-2H3. The van der Waals surface area contributed by atoms with Crippen LogP contribution in [0, 0.1) is 60.4 Å². The van der Waals surface area contributed by atoms with Crippen molar-refractivity contribution in [2.75, 3.05) is 0 Å². The second kappa shape index (κ2) is 14.7. The van der Waals surface area contributed by atoms with E-state index in [0.717, 1.165) is 53.9 Å². The maximum atomic E-state index is 16.7. The van der Waals surface area contributed by atoms with Crippen molar-refractivity contribution in [3.05, 3.63) is 200 Å². The number of fused-ring (bicyclic) bond motifs is 4. The summed E-state index contributed by atoms with van der Waals surface area (Å²) in [5.74, 6) is -7.99. The number of benzene rings is 8. The Balaban J connectivity index is 1.38. The molecule has 8 aromatic carbocycles. The number of hydrogen-bond donors (Lipinski definition) is 0. The molecular formula is C54H32F8N2. The van der Waals surface area contributed by atoms with Crippen LogP contribution in [0.3, 0.4) is 0 Å². The summed E-state index contributed by atoms with van der Waals surface area (Å²) in [5.41, 5.74) is -0.259. The molecule has 2 nitrogen and oxygen atoms in total. The van der Waals surface area contributed by atoms with Gasteiger partial charge in [-0.25, -0.2) is 45.1 Å². The Bertz CT molecular complexity index is 2980. The summed E-state index contributed by atoms with van der Waals surface area (Å²) in [7, 11) is 0. The van der Waals surface area contributed by atoms with Gasteiger partial charge in [-0.05, 0) is 151 Å². The number of halogens is 8. The molecule has 0 spiro atoms. The van der Waals surface area contributed by atoms with Crippen LogP contribution in [0.1, 0.15) is 44.5 Å². The van der Waals surface area contributed by atoms with Crippen molar-refractivity contribution in [2.24, 2.45) is 9.98 Å². The van der Waals surface area contributed by atoms with Gasteiger partial charge < -0.3 is 0 Å². The van der Waals surface area contributed by atoms with E-state index >= 15 is 35.1 Å². The molecule has 10 bridgehead atoms. The molecule has 0 atom stereocenters. The molecule has 7 aliphatic rings. The van der Waals surface area contributed by atoms with Crippen molar-refractivity contribution in [2.45, 2.75) is 39.5 Å². The van der Waals surface area contributed by atoms with E-state index in [4.69, 9.17) is 9.98 Å². The van der Waals surface area contributed by atoms with Gasteiger partial charge in [0.15, 0.2) is 0 Å². The fourth-order valence-electron chi connectivity index (χ4n) is 9.69. The third-order valence-electron chi connectivity index (χ3n) is 12.5. The second-order valence-electron chi connectivity index (χ2n) is 16.8. The Hall–Kier alpha value is -7.20. The highest BCUT2D eigenvalue weighted by Gasteiger charge is 2.33. The average molecular weight is 861 g/mol. The molecule has 6 heterocycles. The van der Waals surface area contributed by atoms with Crippen LogP contribution in [0.15, 0.2) is 119 Å². The van der Waals surface area contributed by atoms with Gasteiger partial charge in [-0.15, -0.1) is 0 Å². The Morgan fingerprint density at radius 1 is 0.344 bits per heavy atom. The average Bonchev–Trinajstić information content (AvgIpc) is 3.52. The van der Waals surface area contributed by atoms with Gasteiger partial charge in [0.1, 0.15) is 46.5 Å². The number of hydrogen-bond acceptors (Lipinski definition) is 2. The molecule has 10 heteroatoms. The van der Waals surface area contributed by atoms with E-state index in [2.05, 4.69) is 0 Å². The minimum Gasteiger partial charge on any atom is -0.245 e. The van der Waals surface area contributed by atoms with Crippen molar-refractivity contribution in [1.82, 2.24) is 0 Å². The molecular weight excluding hydrogens is 829 g/mol. The van der Waals surface area contributed by atoms with Crippen LogP contribution in [0.5, 0.6) is 0 Å². The highest BCUT2D eigenvalue weighted by molar-refractivity contribution is 6.61. The smallest absolute Gasteiger partial charge is 0.134 e. The molecule has 314 valence electrons. The summed E-state index contributed by atoms with van der Waals surface area (Å²) in [5, 5.41) is 1.34. The zero-order valence-electron chi connectivity index (χ0n) is 34.1. The number of rotatable bonds is 0. The van der Waals surface area contributed by atoms with Crippen LogP contribution in [0.2, 0.25) is 0 Å². The molecule has 1 aliphatic carbocycles. The Labute approximate surface area is 361 Å². The topological polar surface area (TPSA) is 24.7 Å². The van der Waals surface area contributed by atoms with Gasteiger partial charge in [-0.3, -0.25) is 0 Å². The van der Waals surface area contributed by atoms with E-state index in [0.29, 0.717) is 27.6 Å². The predicted octanol–water partition coefficient (Wildman–Crippen LogP) is 14.7. The van der Waals surface area contributed by atoms with E-state index in [1.54, 1.807) is 38.1 Å². The quantitative estimate of drug-likeness (QED) is 0.136. The molecule has 0 radical (unpaired) electrons. The van der Waals surface area contributed by atoms with Crippen LogP contribution in [0.25, 0.3) is 55.3 Å². The summed E-state index contributed by atoms with van der Waals surface area (Å²) < 4.78 is 134. The molecule has 15 rings (SSSR count). The number of nitrogens with zero attached hydrogens (tertiary/aromatic N) is 2. The second-order valence-corrected chi connectivity index (χ2v) is 16.8. The van der Waals surface area contributed by atoms with Gasteiger partial charge in [0.25, 0.3) is 0 Å². The Morgan fingerprint density at radius 2 is 0.609 bits per heavy atom. The molecule has 0 N–H and O–H groups in total. The zero-order valence-corrected chi connectivity index (χ0v) is 34.1. The maximum Gasteiger partial charge on any atom is 0.134 e. The first-order chi connectivity index (χ1) is 30.8. The monoisotopic (exact) mass is 860 g/mol. The van der Waals surface area contributed by atoms with Gasteiger partial charge in [-0.2, -0.15) is 0 Å². The van der Waals surface area contributed by atoms with Crippen LogP contribution >= 0.6 is 0 Å². The fourth-order valence-corrected chi connectivity index (χ4v) is 9.69. The lowest BCUT2D eigenvalue weighted by molar-refractivity contribution is 0.581. The minimum atomic E-state index is -0.998. The molecule has 0 fully saturated rings. The van der Waals surface area contributed by atoms with Gasteiger partial charge in [0, 0.05) is 38.8 Å². The maximum absolute atomic E-state index is 16.7. The molecule has 6 aliphatic heterocycles. The van der Waals surface area contributed by atoms with Crippen molar-refractivity contribution in [3.63, 3.8) is 0 Å². The van der Waals surface area contributed by atoms with E-state index < -0.39 is 68.8 Å². The van der Waals surface area contributed by atoms with E-state index in [1.165, 1.54) is 24.3 Å². The van der Waals surface area contributed by atoms with E-state index in [-0.39, 0.29) is 93.0 Å². The minimum absolute atomic E-state index is 0.0202. The van der Waals surface area contributed by atoms with Crippen molar-refractivity contribution >= 4 is 33.6 Å². The van der Waals surface area contributed by atoms with Crippen LogP contribution < -0.4 is 0 Å². The van der Waals surface area contributed by atoms with Gasteiger partial charge in [-0.1, -0.05) is 36.4 Å². The van der Waals surface area contributed by atoms with Crippen molar-refractivity contribution in [1.29, 1.82) is 0 Å². The summed E-state index contributed by atoms with van der Waals surface area (Å²) in [6, 6.07) is 25.7. The number of aliphatic imine (C=N–C) groups is 2. The molecule has 0 saturated carbocycles. The summed E-state index contributed by atoms with van der Waals surface area (Å²) in [6.45, 7) is 3.28. The van der Waals surface area contributed by atoms with Crippen molar-refractivity contribution in [3.8, 4) is 44.5 Å². The van der Waals surface area contributed by atoms with Crippen LogP contribution in [0.4, 0.5) is 46.5 Å². The first kappa shape index (κ1) is 39.6. The highest BCUT2D eigenvalue weighted by Crippen LogP contribution is 2.49. The SMILES string of the molecule is Cc1cc2c3c(c1)-c1c(F)cc(cc1F)CCc1cc(F)c(c(F)c1)-c1cc(C)cc(c1N=C1C(=N3)c3cccc4cccc1c34)-c1c(F)cc(cc1F)CCc1cc(F)c-2c(F)c1. The molecule has 0 amide bonds. The van der Waals surface area contributed by atoms with E-state index in [1.807, 2.05) is 12.1 Å². The summed E-state index contributed by atoms with van der Waals surface area (Å²) in [4.78, 5) is 10.3. The largest absolute Gasteiger partial charge is 0.245 e. The van der Waals surface area contributed by atoms with Crippen LogP contribution in [-0.4, -0.2) is 11.4 Å². The van der Waals surface area contributed by atoms with Crippen LogP contribution in [-0.2, 0) is 25.7 Å². The third-order valence-corrected chi connectivity index (χ3v) is 12.5. The number of aryl methyl sites for hydroxylation is 6. The van der Waals surface area contributed by atoms with Gasteiger partial charge >= 0.3 is 0 Å². The molecule has 0 aromatic heterocycles. The molecule has 0 unspecified atom stereocenters. The fraction of sp³-hybridized carbons (Fsp3) is 0.111. The first-order valence-electron chi connectivity index (χ1n) is 20.7. The van der Waals surface area contributed by atoms with Crippen molar-refractivity contribution < 1.29 is 35.1 Å². The highest BCUT2D eigenvalue weighted by atomic mass is 19.2. The summed E-state index contributed by atoms with van der Waals surface area (Å²) in [6.07, 6.45) is -0.0807. The van der Waals surface area contributed by atoms with Gasteiger partial charge in [0.05, 0.1) is 45.1 Å². The Kier molecular flexibility index (Phi) is 9.10. The lowest BCUT2D eigenvalue weighted by atomic mass is 9.89. The first-order valence-corrected chi connectivity index (χ1v) is 20.7. The molecule has 0 saturated heterocycles.